The molecule has 0 spiro atoms. The van der Waals surface area contributed by atoms with Gasteiger partial charge >= 0.3 is 6.03 Å². The van der Waals surface area contributed by atoms with Crippen LogP contribution in [0.5, 0.6) is 0 Å². The Labute approximate surface area is 73.8 Å². The molecule has 0 radical (unpaired) electrons. The second-order valence-corrected chi connectivity index (χ2v) is 3.04. The highest BCUT2D eigenvalue weighted by Gasteiger charge is 2.07. The first kappa shape index (κ1) is 11.0. The molecule has 1 fully saturated rings. The lowest BCUT2D eigenvalue weighted by Crippen LogP contribution is -2.18. The van der Waals surface area contributed by atoms with Crippen LogP contribution in [0, 0.1) is 5.92 Å². The Morgan fingerprint density at radius 1 is 1.25 bits per heavy atom. The molecule has 0 aromatic heterocycles. The fourth-order valence-corrected chi connectivity index (χ4v) is 1.37. The second kappa shape index (κ2) is 6.70. The van der Waals surface area contributed by atoms with Crippen molar-refractivity contribution in [2.75, 3.05) is 0 Å². The summed E-state index contributed by atoms with van der Waals surface area (Å²) < 4.78 is 0. The van der Waals surface area contributed by atoms with Gasteiger partial charge in [-0.1, -0.05) is 25.3 Å². The largest absolute Gasteiger partial charge is 0.352 e. The van der Waals surface area contributed by atoms with Gasteiger partial charge in [-0.25, -0.2) is 4.79 Å². The van der Waals surface area contributed by atoms with E-state index in [0.29, 0.717) is 0 Å². The molecule has 1 aliphatic carbocycles. The van der Waals surface area contributed by atoms with Gasteiger partial charge in [0.1, 0.15) is 0 Å². The number of hydrogen-bond donors (Lipinski definition) is 2. The molecule has 2 amide bonds. The number of primary amides is 2. The van der Waals surface area contributed by atoms with Crippen molar-refractivity contribution in [3.05, 3.63) is 12.7 Å². The molecule has 0 unspecified atom stereocenters. The Kier molecular flexibility index (Phi) is 6.15. The van der Waals surface area contributed by atoms with Crippen LogP contribution in [0.4, 0.5) is 4.79 Å². The highest BCUT2D eigenvalue weighted by molar-refractivity contribution is 5.69. The first-order valence-electron chi connectivity index (χ1n) is 4.34. The average Bonchev–Trinajstić information content (AvgIpc) is 2.05. The van der Waals surface area contributed by atoms with Gasteiger partial charge in [-0.15, -0.1) is 6.58 Å². The minimum Gasteiger partial charge on any atom is -0.352 e. The van der Waals surface area contributed by atoms with E-state index < -0.39 is 6.03 Å². The van der Waals surface area contributed by atoms with E-state index in [4.69, 9.17) is 4.79 Å². The van der Waals surface area contributed by atoms with Crippen LogP contribution in [-0.4, -0.2) is 6.03 Å². The van der Waals surface area contributed by atoms with Gasteiger partial charge in [0.2, 0.25) is 0 Å². The van der Waals surface area contributed by atoms with Gasteiger partial charge in [0.15, 0.2) is 0 Å². The monoisotopic (exact) mass is 170 g/mol. The highest BCUT2D eigenvalue weighted by Crippen LogP contribution is 2.23. The van der Waals surface area contributed by atoms with Gasteiger partial charge in [-0.05, 0) is 18.8 Å². The molecule has 12 heavy (non-hydrogen) atoms. The molecule has 1 saturated carbocycles. The van der Waals surface area contributed by atoms with Crippen molar-refractivity contribution < 1.29 is 4.79 Å². The molecule has 3 heteroatoms. The van der Waals surface area contributed by atoms with Crippen molar-refractivity contribution in [3.63, 3.8) is 0 Å². The van der Waals surface area contributed by atoms with E-state index in [0.717, 1.165) is 5.92 Å². The summed E-state index contributed by atoms with van der Waals surface area (Å²) in [4.78, 5) is 9.00. The van der Waals surface area contributed by atoms with E-state index in [1.807, 2.05) is 0 Å². The van der Waals surface area contributed by atoms with E-state index >= 15 is 0 Å². The zero-order valence-electron chi connectivity index (χ0n) is 7.46. The topological polar surface area (TPSA) is 69.1 Å². The fraction of sp³-hybridized carbons (Fsp3) is 0.667. The minimum absolute atomic E-state index is 0.833. The van der Waals surface area contributed by atoms with Gasteiger partial charge in [0.05, 0.1) is 0 Å². The van der Waals surface area contributed by atoms with Gasteiger partial charge in [-0.3, -0.25) is 0 Å². The van der Waals surface area contributed by atoms with E-state index in [2.05, 4.69) is 24.1 Å². The number of carbonyl (C=O) groups is 1. The summed E-state index contributed by atoms with van der Waals surface area (Å²) in [5.41, 5.74) is 8.50. The summed E-state index contributed by atoms with van der Waals surface area (Å²) in [5.74, 6) is 0.851. The molecule has 0 heterocycles. The summed E-state index contributed by atoms with van der Waals surface area (Å²) in [5, 5.41) is 0. The molecule has 70 valence electrons. The lowest BCUT2D eigenvalue weighted by Gasteiger charge is -2.16. The maximum atomic E-state index is 9.00. The molecular formula is C9H18N2O. The maximum absolute atomic E-state index is 9.00. The molecule has 4 N–H and O–H groups in total. The van der Waals surface area contributed by atoms with Crippen molar-refractivity contribution in [2.45, 2.75) is 32.1 Å². The lowest BCUT2D eigenvalue weighted by atomic mass is 9.90. The summed E-state index contributed by atoms with van der Waals surface area (Å²) in [6, 6.07) is -0.833. The van der Waals surface area contributed by atoms with Crippen LogP contribution < -0.4 is 11.5 Å². The molecule has 3 nitrogen and oxygen atoms in total. The Morgan fingerprint density at radius 2 is 1.67 bits per heavy atom. The van der Waals surface area contributed by atoms with Crippen LogP contribution in [0.1, 0.15) is 32.1 Å². The summed E-state index contributed by atoms with van der Waals surface area (Å²) in [6.45, 7) is 3.78. The van der Waals surface area contributed by atoms with Gasteiger partial charge < -0.3 is 11.5 Å². The van der Waals surface area contributed by atoms with Crippen LogP contribution in [0.25, 0.3) is 0 Å². The number of rotatable bonds is 1. The Hall–Kier alpha value is -0.990. The molecule has 0 atom stereocenters. The second-order valence-electron chi connectivity index (χ2n) is 3.04. The SMILES string of the molecule is C=CC1CCCCC1.NC(N)=O. The summed E-state index contributed by atoms with van der Waals surface area (Å²) >= 11 is 0. The lowest BCUT2D eigenvalue weighted by molar-refractivity contribution is 0.256. The van der Waals surface area contributed by atoms with E-state index in [-0.39, 0.29) is 0 Å². The summed E-state index contributed by atoms with van der Waals surface area (Å²) in [7, 11) is 0. The molecule has 0 saturated heterocycles. The van der Waals surface area contributed by atoms with Crippen molar-refractivity contribution in [1.29, 1.82) is 0 Å². The maximum Gasteiger partial charge on any atom is 0.309 e. The van der Waals surface area contributed by atoms with Crippen LogP contribution in [0.2, 0.25) is 0 Å². The molecule has 0 bridgehead atoms. The zero-order chi connectivity index (χ0) is 9.40. The van der Waals surface area contributed by atoms with Crippen LogP contribution in [-0.2, 0) is 0 Å². The van der Waals surface area contributed by atoms with Crippen molar-refractivity contribution in [2.24, 2.45) is 17.4 Å². The smallest absolute Gasteiger partial charge is 0.309 e. The minimum atomic E-state index is -0.833. The molecule has 1 rings (SSSR count). The average molecular weight is 170 g/mol. The predicted molar refractivity (Wildman–Crippen MR) is 50.5 cm³/mol. The zero-order valence-corrected chi connectivity index (χ0v) is 7.46. The van der Waals surface area contributed by atoms with E-state index in [1.54, 1.807) is 0 Å². The first-order chi connectivity index (χ1) is 5.66. The van der Waals surface area contributed by atoms with Crippen LogP contribution in [0.15, 0.2) is 12.7 Å². The predicted octanol–water partition coefficient (Wildman–Crippen LogP) is 1.78. The van der Waals surface area contributed by atoms with Gasteiger partial charge in [-0.2, -0.15) is 0 Å². The third-order valence-corrected chi connectivity index (χ3v) is 1.98. The highest BCUT2D eigenvalue weighted by atomic mass is 16.2. The summed E-state index contributed by atoms with van der Waals surface area (Å²) in [6.07, 6.45) is 9.20. The normalized spacial score (nSPS) is 17.3. The quantitative estimate of drug-likeness (QED) is 0.578. The van der Waals surface area contributed by atoms with E-state index in [1.165, 1.54) is 32.1 Å². The van der Waals surface area contributed by atoms with E-state index in [9.17, 15) is 0 Å². The Morgan fingerprint density at radius 3 is 1.92 bits per heavy atom. The number of amides is 2. The number of nitrogens with two attached hydrogens (primary N) is 2. The van der Waals surface area contributed by atoms with Gasteiger partial charge in [0, 0.05) is 0 Å². The first-order valence-corrected chi connectivity index (χ1v) is 4.34. The van der Waals surface area contributed by atoms with Gasteiger partial charge in [0.25, 0.3) is 0 Å². The Bertz CT molecular complexity index is 135. The van der Waals surface area contributed by atoms with Crippen molar-refractivity contribution in [1.82, 2.24) is 0 Å². The van der Waals surface area contributed by atoms with Crippen LogP contribution >= 0.6 is 0 Å². The number of carbonyl (C=O) groups excluding carboxylic acids is 1. The third kappa shape index (κ3) is 7.12. The molecular weight excluding hydrogens is 152 g/mol. The van der Waals surface area contributed by atoms with Crippen LogP contribution in [0.3, 0.4) is 0 Å². The number of hydrogen-bond acceptors (Lipinski definition) is 1. The fourth-order valence-electron chi connectivity index (χ4n) is 1.37. The molecule has 0 aliphatic heterocycles. The van der Waals surface area contributed by atoms with Crippen molar-refractivity contribution in [3.8, 4) is 0 Å². The number of allylic oxidation sites excluding steroid dienone is 1. The molecule has 0 aromatic carbocycles. The standard InChI is InChI=1S/C8H14.CH4N2O/c1-2-8-6-4-3-5-7-8;2-1(3)4/h2,8H,1,3-7H2;(H4,2,3,4). The molecule has 1 aliphatic rings. The molecule has 0 aromatic rings. The Balaban J connectivity index is 0.000000261. The third-order valence-electron chi connectivity index (χ3n) is 1.98. The van der Waals surface area contributed by atoms with Crippen molar-refractivity contribution >= 4 is 6.03 Å². The number of urea groups is 1.